The Balaban J connectivity index is 1.33. The number of hydrogen-bond acceptors (Lipinski definition) is 5. The summed E-state index contributed by atoms with van der Waals surface area (Å²) in [5, 5.41) is 0. The second kappa shape index (κ2) is 8.57. The molecule has 8 heteroatoms. The molecule has 0 spiro atoms. The highest BCUT2D eigenvalue weighted by Gasteiger charge is 2.30. The summed E-state index contributed by atoms with van der Waals surface area (Å²) >= 11 is 0. The highest BCUT2D eigenvalue weighted by molar-refractivity contribution is 7.89. The van der Waals surface area contributed by atoms with E-state index in [-0.39, 0.29) is 29.6 Å². The summed E-state index contributed by atoms with van der Waals surface area (Å²) < 4.78 is 27.8. The fourth-order valence-electron chi connectivity index (χ4n) is 4.04. The molecule has 0 atom stereocenters. The molecule has 2 aromatic rings. The van der Waals surface area contributed by atoms with Crippen LogP contribution in [0.1, 0.15) is 31.2 Å². The number of rotatable bonds is 7. The Morgan fingerprint density at radius 3 is 2.33 bits per heavy atom. The lowest BCUT2D eigenvalue weighted by atomic mass is 10.0. The number of para-hydroxylation sites is 1. The number of fused-ring (bicyclic) bond motifs is 1. The van der Waals surface area contributed by atoms with Gasteiger partial charge in [0.05, 0.1) is 10.6 Å². The molecule has 0 unspecified atom stereocenters. The molecule has 4 rings (SSSR count). The van der Waals surface area contributed by atoms with E-state index in [1.165, 1.54) is 35.5 Å². The molecule has 1 N–H and O–H groups in total. The zero-order chi connectivity index (χ0) is 21.1. The largest absolute Gasteiger partial charge is 0.371 e. The van der Waals surface area contributed by atoms with Gasteiger partial charge in [-0.2, -0.15) is 0 Å². The molecule has 2 aliphatic rings. The van der Waals surface area contributed by atoms with E-state index in [4.69, 9.17) is 0 Å². The van der Waals surface area contributed by atoms with Crippen LogP contribution in [0.3, 0.4) is 0 Å². The van der Waals surface area contributed by atoms with Crippen molar-refractivity contribution in [2.24, 2.45) is 0 Å². The number of amides is 2. The minimum absolute atomic E-state index is 0.119. The molecule has 2 amide bonds. The van der Waals surface area contributed by atoms with E-state index in [1.807, 2.05) is 6.07 Å². The van der Waals surface area contributed by atoms with Crippen LogP contribution >= 0.6 is 0 Å². The summed E-state index contributed by atoms with van der Waals surface area (Å²) in [7, 11) is -3.65. The maximum absolute atomic E-state index is 12.6. The third-order valence-corrected chi connectivity index (χ3v) is 7.04. The van der Waals surface area contributed by atoms with Gasteiger partial charge in [-0.3, -0.25) is 14.5 Å². The topological polar surface area (TPSA) is 86.8 Å². The summed E-state index contributed by atoms with van der Waals surface area (Å²) in [4.78, 5) is 27.2. The van der Waals surface area contributed by atoms with Crippen LogP contribution in [-0.2, 0) is 26.0 Å². The van der Waals surface area contributed by atoms with Crippen molar-refractivity contribution in [2.45, 2.75) is 37.0 Å². The van der Waals surface area contributed by atoms with Crippen molar-refractivity contribution >= 4 is 33.2 Å². The smallest absolute Gasteiger partial charge is 0.240 e. The molecule has 0 bridgehead atoms. The first kappa shape index (κ1) is 20.6. The monoisotopic (exact) mass is 427 g/mol. The number of anilines is 2. The highest BCUT2D eigenvalue weighted by Crippen LogP contribution is 2.27. The minimum Gasteiger partial charge on any atom is -0.371 e. The van der Waals surface area contributed by atoms with Crippen LogP contribution in [0.15, 0.2) is 53.4 Å². The lowest BCUT2D eigenvalue weighted by molar-refractivity contribution is -0.121. The Bertz CT molecular complexity index is 1030. The maximum atomic E-state index is 12.6. The van der Waals surface area contributed by atoms with Gasteiger partial charge in [-0.25, -0.2) is 13.1 Å². The summed E-state index contributed by atoms with van der Waals surface area (Å²) in [6, 6.07) is 14.2. The Kier molecular flexibility index (Phi) is 5.87. The normalized spacial score (nSPS) is 16.8. The van der Waals surface area contributed by atoms with Gasteiger partial charge in [0.1, 0.15) is 0 Å². The number of imide groups is 1. The van der Waals surface area contributed by atoms with Crippen molar-refractivity contribution in [3.05, 3.63) is 54.1 Å². The molecule has 1 saturated heterocycles. The Morgan fingerprint density at radius 1 is 0.900 bits per heavy atom. The van der Waals surface area contributed by atoms with E-state index in [2.05, 4.69) is 27.8 Å². The molecule has 0 saturated carbocycles. The Hall–Kier alpha value is -2.71. The van der Waals surface area contributed by atoms with Crippen molar-refractivity contribution in [3.63, 3.8) is 0 Å². The van der Waals surface area contributed by atoms with Gasteiger partial charge in [0.25, 0.3) is 0 Å². The van der Waals surface area contributed by atoms with Crippen LogP contribution in [0.4, 0.5) is 11.4 Å². The van der Waals surface area contributed by atoms with Crippen molar-refractivity contribution < 1.29 is 18.0 Å². The predicted octanol–water partition coefficient (Wildman–Crippen LogP) is 2.46. The summed E-state index contributed by atoms with van der Waals surface area (Å²) in [5.41, 5.74) is 3.00. The molecule has 2 aromatic carbocycles. The van der Waals surface area contributed by atoms with Crippen LogP contribution in [0, 0.1) is 0 Å². The SMILES string of the molecule is O=C1CCC(=O)N1c1ccc(S(=O)(=O)NCCCN2CCCc3ccccc32)cc1. The molecule has 0 aromatic heterocycles. The van der Waals surface area contributed by atoms with E-state index >= 15 is 0 Å². The third kappa shape index (κ3) is 4.24. The summed E-state index contributed by atoms with van der Waals surface area (Å²) in [6.45, 7) is 2.11. The molecular weight excluding hydrogens is 402 g/mol. The molecule has 0 aliphatic carbocycles. The van der Waals surface area contributed by atoms with Gasteiger partial charge in [-0.15, -0.1) is 0 Å². The van der Waals surface area contributed by atoms with Gasteiger partial charge < -0.3 is 4.90 Å². The fraction of sp³-hybridized carbons (Fsp3) is 0.364. The second-order valence-corrected chi connectivity index (χ2v) is 9.35. The molecule has 2 heterocycles. The maximum Gasteiger partial charge on any atom is 0.240 e. The van der Waals surface area contributed by atoms with Crippen LogP contribution in [-0.4, -0.2) is 39.9 Å². The standard InChI is InChI=1S/C22H25N3O4S/c26-21-12-13-22(27)25(21)18-8-10-19(11-9-18)30(28,29)23-14-4-16-24-15-3-6-17-5-1-2-7-20(17)24/h1-2,5,7-11,23H,3-4,6,12-16H2. The van der Waals surface area contributed by atoms with Crippen LogP contribution in [0.5, 0.6) is 0 Å². The molecule has 1 fully saturated rings. The van der Waals surface area contributed by atoms with E-state index in [0.29, 0.717) is 18.7 Å². The van der Waals surface area contributed by atoms with Crippen molar-refractivity contribution in [1.29, 1.82) is 0 Å². The highest BCUT2D eigenvalue weighted by atomic mass is 32.2. The van der Waals surface area contributed by atoms with E-state index in [9.17, 15) is 18.0 Å². The molecular formula is C22H25N3O4S. The Labute approximate surface area is 176 Å². The van der Waals surface area contributed by atoms with Crippen LogP contribution in [0.2, 0.25) is 0 Å². The first-order valence-electron chi connectivity index (χ1n) is 10.2. The number of nitrogens with one attached hydrogen (secondary N) is 1. The summed E-state index contributed by atoms with van der Waals surface area (Å²) in [6.07, 6.45) is 3.29. The number of hydrogen-bond donors (Lipinski definition) is 1. The number of aryl methyl sites for hydroxylation is 1. The Morgan fingerprint density at radius 2 is 1.60 bits per heavy atom. The van der Waals surface area contributed by atoms with Crippen molar-refractivity contribution in [3.8, 4) is 0 Å². The minimum atomic E-state index is -3.65. The first-order valence-corrected chi connectivity index (χ1v) is 11.7. The molecule has 0 radical (unpaired) electrons. The van der Waals surface area contributed by atoms with Gasteiger partial charge in [0.2, 0.25) is 21.8 Å². The molecule has 2 aliphatic heterocycles. The van der Waals surface area contributed by atoms with Gasteiger partial charge >= 0.3 is 0 Å². The lowest BCUT2D eigenvalue weighted by Crippen LogP contribution is -2.33. The van der Waals surface area contributed by atoms with Crippen LogP contribution in [0.25, 0.3) is 0 Å². The fourth-order valence-corrected chi connectivity index (χ4v) is 5.12. The predicted molar refractivity (Wildman–Crippen MR) is 115 cm³/mol. The number of carbonyl (C=O) groups is 2. The number of benzene rings is 2. The molecule has 30 heavy (non-hydrogen) atoms. The van der Waals surface area contributed by atoms with E-state index in [1.54, 1.807) is 0 Å². The summed E-state index contributed by atoms with van der Waals surface area (Å²) in [5.74, 6) is -0.513. The quantitative estimate of drug-likeness (QED) is 0.542. The number of sulfonamides is 1. The second-order valence-electron chi connectivity index (χ2n) is 7.59. The number of carbonyl (C=O) groups excluding carboxylic acids is 2. The van der Waals surface area contributed by atoms with Gasteiger partial charge in [0, 0.05) is 38.2 Å². The van der Waals surface area contributed by atoms with Gasteiger partial charge in [-0.1, -0.05) is 18.2 Å². The van der Waals surface area contributed by atoms with Gasteiger partial charge in [0.15, 0.2) is 0 Å². The lowest BCUT2D eigenvalue weighted by Gasteiger charge is -2.31. The van der Waals surface area contributed by atoms with Crippen LogP contribution < -0.4 is 14.5 Å². The molecule has 7 nitrogen and oxygen atoms in total. The average molecular weight is 428 g/mol. The zero-order valence-electron chi connectivity index (χ0n) is 16.7. The zero-order valence-corrected chi connectivity index (χ0v) is 17.5. The first-order chi connectivity index (χ1) is 14.5. The van der Waals surface area contributed by atoms with E-state index < -0.39 is 10.0 Å². The average Bonchev–Trinajstić information content (AvgIpc) is 3.09. The van der Waals surface area contributed by atoms with E-state index in [0.717, 1.165) is 30.8 Å². The molecule has 158 valence electrons. The third-order valence-electron chi connectivity index (χ3n) is 5.56. The van der Waals surface area contributed by atoms with Crippen molar-refractivity contribution in [2.75, 3.05) is 29.4 Å². The van der Waals surface area contributed by atoms with Gasteiger partial charge in [-0.05, 0) is 55.2 Å². The number of nitrogens with zero attached hydrogens (tertiary/aromatic N) is 2. The van der Waals surface area contributed by atoms with Crippen molar-refractivity contribution in [1.82, 2.24) is 4.72 Å².